The lowest BCUT2D eigenvalue weighted by atomic mass is 9.96. The second kappa shape index (κ2) is 10.2. The molecular formula is C24H29FN8O2. The first-order valence-electron chi connectivity index (χ1n) is 11.7. The van der Waals surface area contributed by atoms with E-state index in [1.54, 1.807) is 35.0 Å². The molecular weight excluding hydrogens is 451 g/mol. The predicted octanol–water partition coefficient (Wildman–Crippen LogP) is 3.39. The first-order chi connectivity index (χ1) is 16.8. The third kappa shape index (κ3) is 5.13. The highest BCUT2D eigenvalue weighted by Crippen LogP contribution is 2.24. The van der Waals surface area contributed by atoms with Crippen molar-refractivity contribution in [3.63, 3.8) is 0 Å². The summed E-state index contributed by atoms with van der Waals surface area (Å²) in [6.45, 7) is 7.44. The van der Waals surface area contributed by atoms with Gasteiger partial charge in [-0.1, -0.05) is 26.8 Å². The van der Waals surface area contributed by atoms with Gasteiger partial charge in [-0.05, 0) is 58.7 Å². The summed E-state index contributed by atoms with van der Waals surface area (Å²) < 4.78 is 16.4. The first-order valence-corrected chi connectivity index (χ1v) is 11.7. The van der Waals surface area contributed by atoms with E-state index in [0.29, 0.717) is 37.7 Å². The predicted molar refractivity (Wildman–Crippen MR) is 128 cm³/mol. The number of amides is 3. The van der Waals surface area contributed by atoms with Gasteiger partial charge in [-0.15, -0.1) is 5.10 Å². The minimum atomic E-state index is -0.623. The Morgan fingerprint density at radius 3 is 2.77 bits per heavy atom. The van der Waals surface area contributed by atoms with E-state index in [4.69, 9.17) is 0 Å². The molecule has 2 aromatic heterocycles. The normalized spacial score (nSPS) is 13.0. The van der Waals surface area contributed by atoms with Gasteiger partial charge >= 0.3 is 6.03 Å². The van der Waals surface area contributed by atoms with Gasteiger partial charge in [-0.3, -0.25) is 4.79 Å². The minimum absolute atomic E-state index is 0.0720. The second-order valence-electron chi connectivity index (χ2n) is 8.92. The van der Waals surface area contributed by atoms with Crippen LogP contribution >= 0.6 is 0 Å². The minimum Gasteiger partial charge on any atom is -0.328 e. The molecule has 3 heterocycles. The summed E-state index contributed by atoms with van der Waals surface area (Å²) >= 11 is 0. The molecule has 3 aromatic rings. The zero-order valence-electron chi connectivity index (χ0n) is 20.3. The van der Waals surface area contributed by atoms with E-state index in [1.165, 1.54) is 16.8 Å². The number of carbonyl (C=O) groups excluding carboxylic acids is 2. The fourth-order valence-corrected chi connectivity index (χ4v) is 4.10. The SMILES string of the molecule is CCCN(C)C(=O)N1CCc2cc(F)c(C(=O)Nc3cccc(-n4nnnc4C(C)C)n3)cc2C1. The molecule has 0 spiro atoms. The molecule has 0 aliphatic carbocycles. The molecule has 0 bridgehead atoms. The van der Waals surface area contributed by atoms with Gasteiger partial charge in [0.1, 0.15) is 11.6 Å². The van der Waals surface area contributed by atoms with Crippen molar-refractivity contribution in [2.24, 2.45) is 0 Å². The number of carbonyl (C=O) groups is 2. The van der Waals surface area contributed by atoms with Crippen LogP contribution < -0.4 is 5.32 Å². The second-order valence-corrected chi connectivity index (χ2v) is 8.92. The number of nitrogens with one attached hydrogen (secondary N) is 1. The number of anilines is 1. The number of urea groups is 1. The fourth-order valence-electron chi connectivity index (χ4n) is 4.10. The summed E-state index contributed by atoms with van der Waals surface area (Å²) in [7, 11) is 1.77. The molecule has 0 radical (unpaired) electrons. The molecule has 11 heteroatoms. The van der Waals surface area contributed by atoms with Gasteiger partial charge < -0.3 is 15.1 Å². The Hall–Kier alpha value is -3.89. The Labute approximate surface area is 203 Å². The molecule has 0 atom stereocenters. The van der Waals surface area contributed by atoms with Crippen molar-refractivity contribution < 1.29 is 14.0 Å². The summed E-state index contributed by atoms with van der Waals surface area (Å²) in [5, 5.41) is 14.4. The average molecular weight is 481 g/mol. The molecule has 0 fully saturated rings. The van der Waals surface area contributed by atoms with Crippen LogP contribution in [0.25, 0.3) is 5.82 Å². The van der Waals surface area contributed by atoms with Gasteiger partial charge in [0.15, 0.2) is 11.6 Å². The first kappa shape index (κ1) is 24.2. The molecule has 1 N–H and O–H groups in total. The summed E-state index contributed by atoms with van der Waals surface area (Å²) in [5.74, 6) is 0.152. The van der Waals surface area contributed by atoms with Crippen molar-refractivity contribution in [1.82, 2.24) is 35.0 Å². The van der Waals surface area contributed by atoms with Crippen LogP contribution in [0.5, 0.6) is 0 Å². The van der Waals surface area contributed by atoms with Crippen LogP contribution in [0, 0.1) is 5.82 Å². The number of rotatable bonds is 6. The zero-order chi connectivity index (χ0) is 25.1. The highest BCUT2D eigenvalue weighted by atomic mass is 19.1. The number of tetrazole rings is 1. The van der Waals surface area contributed by atoms with Crippen LogP contribution in [0.2, 0.25) is 0 Å². The van der Waals surface area contributed by atoms with E-state index >= 15 is 0 Å². The van der Waals surface area contributed by atoms with Crippen molar-refractivity contribution in [2.45, 2.75) is 46.1 Å². The quantitative estimate of drug-likeness (QED) is 0.579. The highest BCUT2D eigenvalue weighted by Gasteiger charge is 2.26. The Bertz CT molecular complexity index is 1240. The van der Waals surface area contributed by atoms with Gasteiger partial charge in [-0.25, -0.2) is 14.2 Å². The fraction of sp³-hybridized carbons (Fsp3) is 0.417. The van der Waals surface area contributed by atoms with Crippen LogP contribution in [-0.4, -0.2) is 67.1 Å². The van der Waals surface area contributed by atoms with E-state index < -0.39 is 11.7 Å². The van der Waals surface area contributed by atoms with Crippen molar-refractivity contribution in [2.75, 3.05) is 25.5 Å². The molecule has 1 aliphatic rings. The zero-order valence-corrected chi connectivity index (χ0v) is 20.3. The van der Waals surface area contributed by atoms with E-state index in [-0.39, 0.29) is 23.3 Å². The van der Waals surface area contributed by atoms with E-state index in [0.717, 1.165) is 17.5 Å². The Morgan fingerprint density at radius 2 is 2.03 bits per heavy atom. The lowest BCUT2D eigenvalue weighted by molar-refractivity contribution is 0.102. The molecule has 0 unspecified atom stereocenters. The van der Waals surface area contributed by atoms with Crippen molar-refractivity contribution in [3.8, 4) is 5.82 Å². The number of fused-ring (bicyclic) bond motifs is 1. The number of aromatic nitrogens is 5. The molecule has 1 aromatic carbocycles. The van der Waals surface area contributed by atoms with E-state index in [9.17, 15) is 14.0 Å². The number of hydrogen-bond donors (Lipinski definition) is 1. The van der Waals surface area contributed by atoms with Crippen molar-refractivity contribution in [1.29, 1.82) is 0 Å². The summed E-state index contributed by atoms with van der Waals surface area (Å²) in [4.78, 5) is 33.5. The lowest BCUT2D eigenvalue weighted by Crippen LogP contribution is -2.44. The molecule has 184 valence electrons. The highest BCUT2D eigenvalue weighted by molar-refractivity contribution is 6.04. The summed E-state index contributed by atoms with van der Waals surface area (Å²) in [6.07, 6.45) is 1.40. The largest absolute Gasteiger partial charge is 0.328 e. The topological polar surface area (TPSA) is 109 Å². The van der Waals surface area contributed by atoms with Crippen LogP contribution in [0.15, 0.2) is 30.3 Å². The molecule has 0 saturated carbocycles. The van der Waals surface area contributed by atoms with E-state index in [2.05, 4.69) is 25.8 Å². The molecule has 10 nitrogen and oxygen atoms in total. The smallest absolute Gasteiger partial charge is 0.320 e. The van der Waals surface area contributed by atoms with Crippen molar-refractivity contribution in [3.05, 3.63) is 58.7 Å². The van der Waals surface area contributed by atoms with Crippen LogP contribution in [0.4, 0.5) is 15.0 Å². The van der Waals surface area contributed by atoms with E-state index in [1.807, 2.05) is 20.8 Å². The van der Waals surface area contributed by atoms with Crippen LogP contribution in [-0.2, 0) is 13.0 Å². The molecule has 3 amide bonds. The van der Waals surface area contributed by atoms with Gasteiger partial charge in [0.2, 0.25) is 0 Å². The molecule has 35 heavy (non-hydrogen) atoms. The van der Waals surface area contributed by atoms with Gasteiger partial charge in [0.05, 0.1) is 5.56 Å². The number of benzene rings is 1. The van der Waals surface area contributed by atoms with Crippen molar-refractivity contribution >= 4 is 17.8 Å². The average Bonchev–Trinajstić information content (AvgIpc) is 3.34. The molecule has 4 rings (SSSR count). The number of halogens is 1. The molecule has 1 aliphatic heterocycles. The Kier molecular flexibility index (Phi) is 7.04. The lowest BCUT2D eigenvalue weighted by Gasteiger charge is -2.32. The monoisotopic (exact) mass is 480 g/mol. The van der Waals surface area contributed by atoms with Gasteiger partial charge in [0.25, 0.3) is 5.91 Å². The third-order valence-corrected chi connectivity index (χ3v) is 5.91. The standard InChI is InChI=1S/C24H29FN8O2/c1-5-10-31(4)24(35)32-11-9-16-13-19(25)18(12-17(16)14-32)23(34)27-20-7-6-8-21(26-20)33-22(15(2)3)28-29-30-33/h6-8,12-13,15H,5,9-11,14H2,1-4H3,(H,26,27,34). The van der Waals surface area contributed by atoms with Crippen LogP contribution in [0.1, 0.15) is 60.4 Å². The van der Waals surface area contributed by atoms with Gasteiger partial charge in [-0.2, -0.15) is 4.68 Å². The van der Waals surface area contributed by atoms with Gasteiger partial charge in [0, 0.05) is 32.6 Å². The Morgan fingerprint density at radius 1 is 1.23 bits per heavy atom. The maximum Gasteiger partial charge on any atom is 0.320 e. The number of pyridine rings is 1. The number of hydrogen-bond acceptors (Lipinski definition) is 6. The van der Waals surface area contributed by atoms with Crippen LogP contribution in [0.3, 0.4) is 0 Å². The maximum atomic E-state index is 14.9. The third-order valence-electron chi connectivity index (χ3n) is 5.91. The summed E-state index contributed by atoms with van der Waals surface area (Å²) in [6, 6.07) is 7.89. The molecule has 0 saturated heterocycles. The Balaban J connectivity index is 1.54. The summed E-state index contributed by atoms with van der Waals surface area (Å²) in [5.41, 5.74) is 1.47. The number of nitrogens with zero attached hydrogens (tertiary/aromatic N) is 7. The maximum absolute atomic E-state index is 14.9.